The first-order valence-electron chi connectivity index (χ1n) is 8.08. The highest BCUT2D eigenvalue weighted by atomic mass is 19.4. The molecule has 3 rings (SSSR count). The largest absolute Gasteiger partial charge is 0.488 e. The molecule has 0 atom stereocenters. The van der Waals surface area contributed by atoms with Crippen molar-refractivity contribution >= 4 is 6.08 Å². The van der Waals surface area contributed by atoms with Gasteiger partial charge in [0.25, 0.3) is 0 Å². The lowest BCUT2D eigenvalue weighted by molar-refractivity contribution is -0.137. The molecule has 132 valence electrons. The molecule has 0 spiro atoms. The predicted molar refractivity (Wildman–Crippen MR) is 97.7 cm³/mol. The summed E-state index contributed by atoms with van der Waals surface area (Å²) in [4.78, 5) is 0. The van der Waals surface area contributed by atoms with Crippen molar-refractivity contribution in [3.63, 3.8) is 0 Å². The number of halogens is 3. The van der Waals surface area contributed by atoms with Gasteiger partial charge in [0.05, 0.1) is 5.56 Å². The minimum atomic E-state index is -4.39. The summed E-state index contributed by atoms with van der Waals surface area (Å²) in [6.45, 7) is 4.06. The fraction of sp³-hybridized carbons (Fsp3) is 0.0909. The van der Waals surface area contributed by atoms with Crippen LogP contribution in [0.2, 0.25) is 0 Å². The Kier molecular flexibility index (Phi) is 5.12. The van der Waals surface area contributed by atoms with Crippen LogP contribution in [0.5, 0.6) is 5.75 Å². The fourth-order valence-corrected chi connectivity index (χ4v) is 2.62. The van der Waals surface area contributed by atoms with Gasteiger partial charge in [-0.25, -0.2) is 0 Å². The van der Waals surface area contributed by atoms with Crippen LogP contribution >= 0.6 is 0 Å². The quantitative estimate of drug-likeness (QED) is 0.502. The molecule has 0 bridgehead atoms. The van der Waals surface area contributed by atoms with Gasteiger partial charge in [-0.3, -0.25) is 0 Å². The SMILES string of the molecule is C=Cc1ccc(OCc2ccccc2)c(-c2cccc(C(F)(F)F)c2)c1. The fourth-order valence-electron chi connectivity index (χ4n) is 2.62. The smallest absolute Gasteiger partial charge is 0.416 e. The van der Waals surface area contributed by atoms with Crippen molar-refractivity contribution in [1.29, 1.82) is 0 Å². The number of benzene rings is 3. The van der Waals surface area contributed by atoms with E-state index in [0.29, 0.717) is 23.5 Å². The molecule has 4 heteroatoms. The summed E-state index contributed by atoms with van der Waals surface area (Å²) < 4.78 is 45.0. The zero-order valence-electron chi connectivity index (χ0n) is 14.0. The van der Waals surface area contributed by atoms with Crippen LogP contribution < -0.4 is 4.74 Å². The number of ether oxygens (including phenoxy) is 1. The summed E-state index contributed by atoms with van der Waals surface area (Å²) in [5.41, 5.74) is 2.16. The topological polar surface area (TPSA) is 9.23 Å². The lowest BCUT2D eigenvalue weighted by atomic mass is 9.99. The summed E-state index contributed by atoms with van der Waals surface area (Å²) in [6, 6.07) is 20.2. The molecular formula is C22H17F3O. The lowest BCUT2D eigenvalue weighted by Gasteiger charge is -2.14. The molecule has 0 aliphatic carbocycles. The Bertz CT molecular complexity index is 899. The highest BCUT2D eigenvalue weighted by molar-refractivity contribution is 5.74. The van der Waals surface area contributed by atoms with E-state index in [2.05, 4.69) is 6.58 Å². The van der Waals surface area contributed by atoms with Crippen molar-refractivity contribution in [2.75, 3.05) is 0 Å². The molecule has 0 heterocycles. The normalized spacial score (nSPS) is 11.2. The Hall–Kier alpha value is -3.01. The zero-order chi connectivity index (χ0) is 18.6. The van der Waals surface area contributed by atoms with E-state index < -0.39 is 11.7 Å². The second-order valence-electron chi connectivity index (χ2n) is 5.81. The summed E-state index contributed by atoms with van der Waals surface area (Å²) >= 11 is 0. The Labute approximate surface area is 150 Å². The number of hydrogen-bond donors (Lipinski definition) is 0. The molecule has 0 saturated carbocycles. The molecule has 0 aliphatic heterocycles. The van der Waals surface area contributed by atoms with Crippen LogP contribution in [0.15, 0.2) is 79.4 Å². The predicted octanol–water partition coefficient (Wildman–Crippen LogP) is 6.59. The second kappa shape index (κ2) is 7.48. The molecule has 3 aromatic carbocycles. The molecule has 0 saturated heterocycles. The van der Waals surface area contributed by atoms with Crippen molar-refractivity contribution < 1.29 is 17.9 Å². The Morgan fingerprint density at radius 2 is 1.65 bits per heavy atom. The number of alkyl halides is 3. The average Bonchev–Trinajstić information content (AvgIpc) is 2.66. The van der Waals surface area contributed by atoms with Gasteiger partial charge in [-0.2, -0.15) is 13.2 Å². The molecule has 0 amide bonds. The van der Waals surface area contributed by atoms with Crippen molar-refractivity contribution in [3.8, 4) is 16.9 Å². The Morgan fingerprint density at radius 1 is 0.885 bits per heavy atom. The average molecular weight is 354 g/mol. The number of rotatable bonds is 5. The van der Waals surface area contributed by atoms with Crippen molar-refractivity contribution in [2.24, 2.45) is 0 Å². The first-order chi connectivity index (χ1) is 12.5. The zero-order valence-corrected chi connectivity index (χ0v) is 14.0. The summed E-state index contributed by atoms with van der Waals surface area (Å²) in [6.07, 6.45) is -2.74. The third-order valence-corrected chi connectivity index (χ3v) is 3.98. The van der Waals surface area contributed by atoms with Gasteiger partial charge >= 0.3 is 6.18 Å². The molecule has 1 nitrogen and oxygen atoms in total. The Morgan fingerprint density at radius 3 is 2.35 bits per heavy atom. The summed E-state index contributed by atoms with van der Waals surface area (Å²) in [5.74, 6) is 0.527. The van der Waals surface area contributed by atoms with E-state index in [1.165, 1.54) is 6.07 Å². The van der Waals surface area contributed by atoms with Gasteiger partial charge in [0.2, 0.25) is 0 Å². The van der Waals surface area contributed by atoms with E-state index in [4.69, 9.17) is 4.74 Å². The van der Waals surface area contributed by atoms with Crippen LogP contribution in [0, 0.1) is 0 Å². The van der Waals surface area contributed by atoms with Crippen LogP contribution in [0.1, 0.15) is 16.7 Å². The maximum atomic E-state index is 13.1. The maximum Gasteiger partial charge on any atom is 0.416 e. The molecular weight excluding hydrogens is 337 g/mol. The summed E-state index contributed by atoms with van der Waals surface area (Å²) in [7, 11) is 0. The minimum Gasteiger partial charge on any atom is -0.488 e. The third-order valence-electron chi connectivity index (χ3n) is 3.98. The van der Waals surface area contributed by atoms with Gasteiger partial charge < -0.3 is 4.74 Å². The molecule has 26 heavy (non-hydrogen) atoms. The van der Waals surface area contributed by atoms with Crippen LogP contribution in [0.25, 0.3) is 17.2 Å². The monoisotopic (exact) mass is 354 g/mol. The van der Waals surface area contributed by atoms with Gasteiger partial charge in [0, 0.05) is 5.56 Å². The number of hydrogen-bond acceptors (Lipinski definition) is 1. The van der Waals surface area contributed by atoms with E-state index in [9.17, 15) is 13.2 Å². The van der Waals surface area contributed by atoms with Crippen molar-refractivity contribution in [2.45, 2.75) is 12.8 Å². The lowest BCUT2D eigenvalue weighted by Crippen LogP contribution is -2.04. The first-order valence-corrected chi connectivity index (χ1v) is 8.08. The van der Waals surface area contributed by atoms with Crippen LogP contribution in [-0.2, 0) is 12.8 Å². The van der Waals surface area contributed by atoms with E-state index >= 15 is 0 Å². The van der Waals surface area contributed by atoms with E-state index in [1.54, 1.807) is 24.3 Å². The van der Waals surface area contributed by atoms with Crippen molar-refractivity contribution in [3.05, 3.63) is 96.1 Å². The van der Waals surface area contributed by atoms with Gasteiger partial charge in [0.1, 0.15) is 12.4 Å². The molecule has 0 aliphatic rings. The Balaban J connectivity index is 1.98. The van der Waals surface area contributed by atoms with Gasteiger partial charge in [-0.05, 0) is 41.0 Å². The second-order valence-corrected chi connectivity index (χ2v) is 5.81. The molecule has 0 unspecified atom stereocenters. The minimum absolute atomic E-state index is 0.334. The molecule has 0 aromatic heterocycles. The molecule has 0 radical (unpaired) electrons. The third kappa shape index (κ3) is 4.14. The highest BCUT2D eigenvalue weighted by Gasteiger charge is 2.30. The molecule has 0 N–H and O–H groups in total. The van der Waals surface area contributed by atoms with Crippen LogP contribution in [-0.4, -0.2) is 0 Å². The van der Waals surface area contributed by atoms with Gasteiger partial charge in [-0.15, -0.1) is 0 Å². The molecule has 0 fully saturated rings. The van der Waals surface area contributed by atoms with E-state index in [-0.39, 0.29) is 0 Å². The molecule has 3 aromatic rings. The van der Waals surface area contributed by atoms with E-state index in [1.807, 2.05) is 36.4 Å². The standard InChI is InChI=1S/C22H17F3O/c1-2-16-11-12-21(26-15-17-7-4-3-5-8-17)20(13-16)18-9-6-10-19(14-18)22(23,24)25/h2-14H,1,15H2. The highest BCUT2D eigenvalue weighted by Crippen LogP contribution is 2.36. The van der Waals surface area contributed by atoms with Crippen LogP contribution in [0.4, 0.5) is 13.2 Å². The van der Waals surface area contributed by atoms with Crippen molar-refractivity contribution in [1.82, 2.24) is 0 Å². The van der Waals surface area contributed by atoms with Crippen LogP contribution in [0.3, 0.4) is 0 Å². The summed E-state index contributed by atoms with van der Waals surface area (Å²) in [5, 5.41) is 0. The van der Waals surface area contributed by atoms with Gasteiger partial charge in [-0.1, -0.05) is 61.2 Å². The van der Waals surface area contributed by atoms with Gasteiger partial charge in [0.15, 0.2) is 0 Å². The first kappa shape index (κ1) is 17.8. The maximum absolute atomic E-state index is 13.1. The van der Waals surface area contributed by atoms with E-state index in [0.717, 1.165) is 23.3 Å².